The number of halogens is 1. The van der Waals surface area contributed by atoms with Crippen molar-refractivity contribution < 1.29 is 9.18 Å². The van der Waals surface area contributed by atoms with Gasteiger partial charge in [-0.3, -0.25) is 4.79 Å². The number of thiol groups is 1. The third kappa shape index (κ3) is 3.04. The smallest absolute Gasteiger partial charge is 0.254 e. The van der Waals surface area contributed by atoms with Crippen LogP contribution < -0.4 is 5.32 Å². The van der Waals surface area contributed by atoms with Gasteiger partial charge in [-0.05, 0) is 24.3 Å². The maximum Gasteiger partial charge on any atom is 0.254 e. The van der Waals surface area contributed by atoms with Crippen LogP contribution in [0.2, 0.25) is 0 Å². The summed E-state index contributed by atoms with van der Waals surface area (Å²) in [5.41, 5.74) is 0.623. The second kappa shape index (κ2) is 5.59. The quantitative estimate of drug-likeness (QED) is 0.831. The maximum atomic E-state index is 13.4. The Labute approximate surface area is 109 Å². The summed E-state index contributed by atoms with van der Waals surface area (Å²) in [6.07, 6.45) is 2.96. The van der Waals surface area contributed by atoms with Gasteiger partial charge in [0.05, 0.1) is 17.8 Å². The molecule has 0 saturated carbocycles. The minimum absolute atomic E-state index is 0.0310. The van der Waals surface area contributed by atoms with Crippen molar-refractivity contribution in [2.75, 3.05) is 0 Å². The highest BCUT2D eigenvalue weighted by atomic mass is 32.1. The molecule has 1 amide bonds. The molecular weight excluding hydrogens is 253 g/mol. The molecule has 0 aliphatic rings. The summed E-state index contributed by atoms with van der Waals surface area (Å²) in [6.45, 7) is 0.220. The number of hydrogen-bond acceptors (Lipinski definition) is 4. The van der Waals surface area contributed by atoms with Gasteiger partial charge in [-0.15, -0.1) is 12.6 Å². The molecule has 92 valence electrons. The fraction of sp³-hybridized carbons (Fsp3) is 0.0833. The van der Waals surface area contributed by atoms with Gasteiger partial charge in [-0.1, -0.05) is 0 Å². The van der Waals surface area contributed by atoms with E-state index in [0.717, 1.165) is 0 Å². The molecule has 0 aliphatic heterocycles. The number of benzene rings is 1. The monoisotopic (exact) mass is 263 g/mol. The van der Waals surface area contributed by atoms with Crippen LogP contribution in [-0.2, 0) is 6.54 Å². The minimum atomic E-state index is -0.576. The molecule has 2 aromatic rings. The van der Waals surface area contributed by atoms with Gasteiger partial charge in [0.1, 0.15) is 12.1 Å². The summed E-state index contributed by atoms with van der Waals surface area (Å²) in [7, 11) is 0. The van der Waals surface area contributed by atoms with Crippen molar-refractivity contribution in [3.63, 3.8) is 0 Å². The Hall–Kier alpha value is -1.95. The lowest BCUT2D eigenvalue weighted by Crippen LogP contribution is -2.24. The average molecular weight is 263 g/mol. The number of nitrogens with one attached hydrogen (secondary N) is 1. The Morgan fingerprint density at radius 1 is 1.39 bits per heavy atom. The summed E-state index contributed by atoms with van der Waals surface area (Å²) in [6, 6.07) is 5.75. The van der Waals surface area contributed by atoms with Crippen LogP contribution in [0.4, 0.5) is 4.39 Å². The van der Waals surface area contributed by atoms with Crippen LogP contribution in [0.25, 0.3) is 0 Å². The van der Waals surface area contributed by atoms with E-state index in [4.69, 9.17) is 0 Å². The lowest BCUT2D eigenvalue weighted by atomic mass is 10.2. The predicted molar refractivity (Wildman–Crippen MR) is 66.9 cm³/mol. The first kappa shape index (κ1) is 12.5. The number of rotatable bonds is 3. The second-order valence-electron chi connectivity index (χ2n) is 3.55. The van der Waals surface area contributed by atoms with Crippen molar-refractivity contribution >= 4 is 18.5 Å². The van der Waals surface area contributed by atoms with Crippen molar-refractivity contribution in [3.05, 3.63) is 53.9 Å². The zero-order chi connectivity index (χ0) is 13.0. The van der Waals surface area contributed by atoms with Crippen molar-refractivity contribution in [1.29, 1.82) is 0 Å². The Morgan fingerprint density at radius 2 is 2.22 bits per heavy atom. The van der Waals surface area contributed by atoms with Crippen LogP contribution in [0.15, 0.2) is 41.7 Å². The summed E-state index contributed by atoms with van der Waals surface area (Å²) in [5, 5.41) is 2.58. The van der Waals surface area contributed by atoms with Crippen LogP contribution in [-0.4, -0.2) is 15.9 Å². The highest BCUT2D eigenvalue weighted by Crippen LogP contribution is 2.13. The van der Waals surface area contributed by atoms with E-state index >= 15 is 0 Å². The molecule has 0 spiro atoms. The van der Waals surface area contributed by atoms with Gasteiger partial charge in [0.25, 0.3) is 5.91 Å². The number of amides is 1. The van der Waals surface area contributed by atoms with Crippen molar-refractivity contribution in [2.45, 2.75) is 11.4 Å². The molecule has 0 atom stereocenters. The van der Waals surface area contributed by atoms with Gasteiger partial charge in [0.15, 0.2) is 0 Å². The van der Waals surface area contributed by atoms with Gasteiger partial charge in [0, 0.05) is 11.1 Å². The number of carbonyl (C=O) groups is 1. The average Bonchev–Trinajstić information content (AvgIpc) is 2.40. The van der Waals surface area contributed by atoms with Gasteiger partial charge in [-0.2, -0.15) is 0 Å². The van der Waals surface area contributed by atoms with E-state index in [1.165, 1.54) is 24.5 Å². The van der Waals surface area contributed by atoms with Crippen molar-refractivity contribution in [1.82, 2.24) is 15.3 Å². The van der Waals surface area contributed by atoms with E-state index < -0.39 is 11.7 Å². The highest BCUT2D eigenvalue weighted by molar-refractivity contribution is 7.80. The van der Waals surface area contributed by atoms with E-state index in [9.17, 15) is 9.18 Å². The molecule has 2 rings (SSSR count). The Bertz CT molecular complexity index is 563. The molecule has 1 aromatic heterocycles. The summed E-state index contributed by atoms with van der Waals surface area (Å²) < 4.78 is 13.4. The summed E-state index contributed by atoms with van der Waals surface area (Å²) in [4.78, 5) is 20.0. The number of aromatic nitrogens is 2. The van der Waals surface area contributed by atoms with Crippen molar-refractivity contribution in [2.24, 2.45) is 0 Å². The molecule has 0 unspecified atom stereocenters. The third-order valence-corrected chi connectivity index (χ3v) is 2.55. The first-order valence-corrected chi connectivity index (χ1v) is 5.63. The topological polar surface area (TPSA) is 54.9 Å². The summed E-state index contributed by atoms with van der Waals surface area (Å²) >= 11 is 4.07. The molecule has 1 heterocycles. The standard InChI is InChI=1S/C12H10FN3OS/c13-11-2-1-9(18)5-10(11)12(17)15-6-8-3-4-14-7-16-8/h1-5,7,18H,6H2,(H,15,17). The zero-order valence-electron chi connectivity index (χ0n) is 9.30. The Morgan fingerprint density at radius 3 is 2.94 bits per heavy atom. The van der Waals surface area contributed by atoms with Gasteiger partial charge >= 0.3 is 0 Å². The largest absolute Gasteiger partial charge is 0.346 e. The lowest BCUT2D eigenvalue weighted by Gasteiger charge is -2.06. The molecule has 0 fully saturated rings. The Balaban J connectivity index is 2.06. The SMILES string of the molecule is O=C(NCc1ccncn1)c1cc(S)ccc1F. The first-order chi connectivity index (χ1) is 8.66. The molecule has 0 radical (unpaired) electrons. The molecule has 6 heteroatoms. The van der Waals surface area contributed by atoms with Gasteiger partial charge in [0.2, 0.25) is 0 Å². The van der Waals surface area contributed by atoms with E-state index in [2.05, 4.69) is 27.9 Å². The van der Waals surface area contributed by atoms with Crippen LogP contribution >= 0.6 is 12.6 Å². The summed E-state index contributed by atoms with van der Waals surface area (Å²) in [5.74, 6) is -1.07. The van der Waals surface area contributed by atoms with E-state index in [1.54, 1.807) is 12.3 Å². The number of carbonyl (C=O) groups excluding carboxylic acids is 1. The molecule has 0 aliphatic carbocycles. The fourth-order valence-electron chi connectivity index (χ4n) is 1.38. The molecule has 4 nitrogen and oxygen atoms in total. The molecule has 1 aromatic carbocycles. The highest BCUT2D eigenvalue weighted by Gasteiger charge is 2.11. The second-order valence-corrected chi connectivity index (χ2v) is 4.06. The normalized spacial score (nSPS) is 10.1. The van der Waals surface area contributed by atoms with Crippen LogP contribution in [0.1, 0.15) is 16.1 Å². The minimum Gasteiger partial charge on any atom is -0.346 e. The van der Waals surface area contributed by atoms with Crippen molar-refractivity contribution in [3.8, 4) is 0 Å². The maximum absolute atomic E-state index is 13.4. The lowest BCUT2D eigenvalue weighted by molar-refractivity contribution is 0.0946. The molecule has 18 heavy (non-hydrogen) atoms. The third-order valence-electron chi connectivity index (χ3n) is 2.27. The molecule has 0 saturated heterocycles. The Kier molecular flexibility index (Phi) is 3.88. The first-order valence-electron chi connectivity index (χ1n) is 5.18. The zero-order valence-corrected chi connectivity index (χ0v) is 10.2. The van der Waals surface area contributed by atoms with Crippen LogP contribution in [0, 0.1) is 5.82 Å². The van der Waals surface area contributed by atoms with Crippen LogP contribution in [0.5, 0.6) is 0 Å². The predicted octanol–water partition coefficient (Wildman–Crippen LogP) is 1.83. The molecule has 1 N–H and O–H groups in total. The van der Waals surface area contributed by atoms with E-state index in [0.29, 0.717) is 10.6 Å². The number of hydrogen-bond donors (Lipinski definition) is 2. The number of nitrogens with zero attached hydrogens (tertiary/aromatic N) is 2. The van der Waals surface area contributed by atoms with E-state index in [-0.39, 0.29) is 12.1 Å². The van der Waals surface area contributed by atoms with Crippen LogP contribution in [0.3, 0.4) is 0 Å². The fourth-order valence-corrected chi connectivity index (χ4v) is 1.58. The molecular formula is C12H10FN3OS. The van der Waals surface area contributed by atoms with Gasteiger partial charge in [-0.25, -0.2) is 14.4 Å². The molecule has 0 bridgehead atoms. The van der Waals surface area contributed by atoms with Gasteiger partial charge < -0.3 is 5.32 Å². The van der Waals surface area contributed by atoms with E-state index in [1.807, 2.05) is 0 Å².